The second-order valence-electron chi connectivity index (χ2n) is 6.97. The van der Waals surface area contributed by atoms with Crippen molar-refractivity contribution in [3.05, 3.63) is 39.5 Å². The first-order valence-electron chi connectivity index (χ1n) is 9.14. The van der Waals surface area contributed by atoms with Crippen molar-refractivity contribution in [2.24, 2.45) is 0 Å². The highest BCUT2D eigenvalue weighted by Crippen LogP contribution is 2.31. The van der Waals surface area contributed by atoms with Gasteiger partial charge in [-0.2, -0.15) is 5.10 Å². The van der Waals surface area contributed by atoms with Gasteiger partial charge in [0.2, 0.25) is 0 Å². The second-order valence-corrected chi connectivity index (χ2v) is 8.54. The molecule has 140 valence electrons. The average Bonchev–Trinajstić information content (AvgIpc) is 2.82. The van der Waals surface area contributed by atoms with Crippen LogP contribution >= 0.6 is 23.4 Å². The third-order valence-corrected chi connectivity index (χ3v) is 6.39. The predicted octanol–water partition coefficient (Wildman–Crippen LogP) is 1.97. The van der Waals surface area contributed by atoms with E-state index in [1.165, 1.54) is 0 Å². The first kappa shape index (κ1) is 18.1. The Bertz CT molecular complexity index is 841. The quantitative estimate of drug-likeness (QED) is 0.794. The van der Waals surface area contributed by atoms with Gasteiger partial charge in [0.05, 0.1) is 5.69 Å². The van der Waals surface area contributed by atoms with Crippen molar-refractivity contribution < 1.29 is 0 Å². The molecule has 2 aromatic rings. The van der Waals surface area contributed by atoms with E-state index in [9.17, 15) is 4.79 Å². The minimum absolute atomic E-state index is 0.0515. The van der Waals surface area contributed by atoms with Gasteiger partial charge in [-0.25, -0.2) is 14.0 Å². The number of benzene rings is 1. The molecule has 8 heteroatoms. The molecule has 0 aliphatic carbocycles. The van der Waals surface area contributed by atoms with Crippen LogP contribution in [0, 0.1) is 0 Å². The monoisotopic (exact) mass is 393 g/mol. The minimum Gasteiger partial charge on any atom is -0.304 e. The molecule has 3 heterocycles. The molecule has 2 aliphatic heterocycles. The normalized spacial score (nSPS) is 18.4. The number of rotatable bonds is 4. The molecule has 26 heavy (non-hydrogen) atoms. The van der Waals surface area contributed by atoms with Gasteiger partial charge in [0.25, 0.3) is 0 Å². The SMILES string of the molecule is CN1CCN(CCCn2nc3n(c2=O)-c2cc(Cl)ccc2SCC3)CC1. The molecule has 0 radical (unpaired) electrons. The van der Waals surface area contributed by atoms with Crippen LogP contribution in [0.1, 0.15) is 12.2 Å². The number of hydrogen-bond acceptors (Lipinski definition) is 5. The molecule has 1 aromatic heterocycles. The Morgan fingerprint density at radius 3 is 2.81 bits per heavy atom. The van der Waals surface area contributed by atoms with Crippen molar-refractivity contribution >= 4 is 23.4 Å². The second kappa shape index (κ2) is 7.76. The molecule has 0 unspecified atom stereocenters. The molecule has 4 rings (SSSR count). The molecule has 0 bridgehead atoms. The smallest absolute Gasteiger partial charge is 0.304 e. The van der Waals surface area contributed by atoms with Crippen LogP contribution in [0.5, 0.6) is 0 Å². The molecule has 6 nitrogen and oxygen atoms in total. The van der Waals surface area contributed by atoms with Crippen molar-refractivity contribution in [1.29, 1.82) is 0 Å². The van der Waals surface area contributed by atoms with E-state index in [0.717, 1.165) is 67.7 Å². The first-order valence-corrected chi connectivity index (χ1v) is 10.5. The van der Waals surface area contributed by atoms with Gasteiger partial charge < -0.3 is 9.80 Å². The van der Waals surface area contributed by atoms with Crippen LogP contribution in [-0.2, 0) is 13.0 Å². The third-order valence-electron chi connectivity index (χ3n) is 5.09. The Balaban J connectivity index is 1.50. The Hall–Kier alpha value is -1.28. The van der Waals surface area contributed by atoms with Gasteiger partial charge in [-0.3, -0.25) is 0 Å². The summed E-state index contributed by atoms with van der Waals surface area (Å²) in [6, 6.07) is 5.74. The average molecular weight is 394 g/mol. The number of fused-ring (bicyclic) bond motifs is 3. The summed E-state index contributed by atoms with van der Waals surface area (Å²) in [5.74, 6) is 1.76. The van der Waals surface area contributed by atoms with Crippen LogP contribution in [0.15, 0.2) is 27.9 Å². The zero-order valence-corrected chi connectivity index (χ0v) is 16.6. The molecule has 1 saturated heterocycles. The topological polar surface area (TPSA) is 46.3 Å². The lowest BCUT2D eigenvalue weighted by Crippen LogP contribution is -2.44. The van der Waals surface area contributed by atoms with Crippen molar-refractivity contribution in [1.82, 2.24) is 24.1 Å². The van der Waals surface area contributed by atoms with Gasteiger partial charge in [0.1, 0.15) is 5.82 Å². The van der Waals surface area contributed by atoms with Crippen molar-refractivity contribution in [2.45, 2.75) is 24.3 Å². The summed E-state index contributed by atoms with van der Waals surface area (Å²) in [6.45, 7) is 6.12. The van der Waals surface area contributed by atoms with Gasteiger partial charge in [0.15, 0.2) is 0 Å². The number of thioether (sulfide) groups is 1. The van der Waals surface area contributed by atoms with Crippen LogP contribution in [0.3, 0.4) is 0 Å². The van der Waals surface area contributed by atoms with Crippen molar-refractivity contribution in [3.63, 3.8) is 0 Å². The fourth-order valence-corrected chi connectivity index (χ4v) is 4.69. The fraction of sp³-hybridized carbons (Fsp3) is 0.556. The number of halogens is 1. The zero-order valence-electron chi connectivity index (χ0n) is 15.0. The van der Waals surface area contributed by atoms with Crippen molar-refractivity contribution in [2.75, 3.05) is 45.5 Å². The number of aromatic nitrogens is 3. The summed E-state index contributed by atoms with van der Waals surface area (Å²) in [5.41, 5.74) is 0.815. The predicted molar refractivity (Wildman–Crippen MR) is 106 cm³/mol. The summed E-state index contributed by atoms with van der Waals surface area (Å²) in [6.07, 6.45) is 1.73. The highest BCUT2D eigenvalue weighted by Gasteiger charge is 2.21. The van der Waals surface area contributed by atoms with E-state index >= 15 is 0 Å². The fourth-order valence-electron chi connectivity index (χ4n) is 3.56. The van der Waals surface area contributed by atoms with Gasteiger partial charge in [-0.1, -0.05) is 11.6 Å². The van der Waals surface area contributed by atoms with Crippen LogP contribution in [-0.4, -0.2) is 69.7 Å². The molecule has 1 aromatic carbocycles. The lowest BCUT2D eigenvalue weighted by atomic mass is 10.3. The molecule has 0 amide bonds. The van der Waals surface area contributed by atoms with E-state index < -0.39 is 0 Å². The van der Waals surface area contributed by atoms with E-state index in [0.29, 0.717) is 11.6 Å². The number of hydrogen-bond donors (Lipinski definition) is 0. The minimum atomic E-state index is -0.0515. The highest BCUT2D eigenvalue weighted by molar-refractivity contribution is 7.99. The van der Waals surface area contributed by atoms with Gasteiger partial charge in [-0.05, 0) is 31.7 Å². The van der Waals surface area contributed by atoms with Crippen LogP contribution < -0.4 is 5.69 Å². The Kier molecular flexibility index (Phi) is 5.40. The van der Waals surface area contributed by atoms with E-state index in [1.54, 1.807) is 21.0 Å². The summed E-state index contributed by atoms with van der Waals surface area (Å²) in [5, 5.41) is 5.26. The van der Waals surface area contributed by atoms with Gasteiger partial charge in [-0.15, -0.1) is 11.8 Å². The highest BCUT2D eigenvalue weighted by atomic mass is 35.5. The molecule has 0 atom stereocenters. The molecule has 0 saturated carbocycles. The molecule has 0 spiro atoms. The number of nitrogens with zero attached hydrogens (tertiary/aromatic N) is 5. The van der Waals surface area contributed by atoms with Crippen LogP contribution in [0.25, 0.3) is 5.69 Å². The van der Waals surface area contributed by atoms with E-state index in [4.69, 9.17) is 11.6 Å². The molecule has 2 aliphatic rings. The standard InChI is InChI=1S/C18H24ClN5OS/c1-21-8-10-22(11-9-21)6-2-7-23-18(25)24-15-13-14(19)3-4-16(15)26-12-5-17(24)20-23/h3-4,13H,2,5-12H2,1H3. The van der Waals surface area contributed by atoms with Gasteiger partial charge in [0, 0.05) is 61.4 Å². The summed E-state index contributed by atoms with van der Waals surface area (Å²) >= 11 is 7.93. The molecule has 0 N–H and O–H groups in total. The number of likely N-dealkylation sites (N-methyl/N-ethyl adjacent to an activating group) is 1. The number of aryl methyl sites for hydroxylation is 2. The molecular weight excluding hydrogens is 370 g/mol. The maximum absolute atomic E-state index is 13.0. The Morgan fingerprint density at radius 2 is 2.00 bits per heavy atom. The van der Waals surface area contributed by atoms with E-state index in [-0.39, 0.29) is 5.69 Å². The summed E-state index contributed by atoms with van der Waals surface area (Å²) in [4.78, 5) is 18.9. The third kappa shape index (κ3) is 3.71. The van der Waals surface area contributed by atoms with Crippen molar-refractivity contribution in [3.8, 4) is 5.69 Å². The lowest BCUT2D eigenvalue weighted by Gasteiger charge is -2.32. The molecule has 1 fully saturated rings. The molecular formula is C18H24ClN5OS. The summed E-state index contributed by atoms with van der Waals surface area (Å²) < 4.78 is 3.38. The maximum Gasteiger partial charge on any atom is 0.350 e. The maximum atomic E-state index is 13.0. The summed E-state index contributed by atoms with van der Waals surface area (Å²) in [7, 11) is 2.16. The van der Waals surface area contributed by atoms with E-state index in [2.05, 4.69) is 21.9 Å². The number of piperazine rings is 1. The zero-order chi connectivity index (χ0) is 18.1. The van der Waals surface area contributed by atoms with Crippen LogP contribution in [0.2, 0.25) is 5.02 Å². The van der Waals surface area contributed by atoms with E-state index in [1.807, 2.05) is 18.2 Å². The van der Waals surface area contributed by atoms with Crippen LogP contribution in [0.4, 0.5) is 0 Å². The largest absolute Gasteiger partial charge is 0.350 e. The Labute approximate surface area is 162 Å². The van der Waals surface area contributed by atoms with Gasteiger partial charge >= 0.3 is 5.69 Å². The Morgan fingerprint density at radius 1 is 1.19 bits per heavy atom. The first-order chi connectivity index (χ1) is 12.6. The lowest BCUT2D eigenvalue weighted by molar-refractivity contribution is 0.150.